The fourth-order valence-electron chi connectivity index (χ4n) is 4.11. The van der Waals surface area contributed by atoms with Crippen molar-refractivity contribution in [2.24, 2.45) is 11.8 Å². The van der Waals surface area contributed by atoms with Gasteiger partial charge in [-0.05, 0) is 44.7 Å². The van der Waals surface area contributed by atoms with Gasteiger partial charge in [-0.3, -0.25) is 4.79 Å². The lowest BCUT2D eigenvalue weighted by atomic mass is 9.78. The van der Waals surface area contributed by atoms with Gasteiger partial charge in [0.25, 0.3) is 5.91 Å². The quantitative estimate of drug-likeness (QED) is 0.868. The zero-order valence-electron chi connectivity index (χ0n) is 15.0. The van der Waals surface area contributed by atoms with Crippen LogP contribution in [0.3, 0.4) is 0 Å². The van der Waals surface area contributed by atoms with E-state index in [0.29, 0.717) is 17.7 Å². The first kappa shape index (κ1) is 17.4. The Labute approximate surface area is 144 Å². The number of rotatable bonds is 5. The smallest absolute Gasteiger partial charge is 0.273 e. The maximum atomic E-state index is 12.5. The molecular formula is C18H31N5O. The summed E-state index contributed by atoms with van der Waals surface area (Å²) in [6.45, 7) is 6.39. The number of piperidine rings is 1. The maximum Gasteiger partial charge on any atom is 0.273 e. The molecule has 1 aromatic heterocycles. The molecule has 2 N–H and O–H groups in total. The average molecular weight is 333 g/mol. The maximum absolute atomic E-state index is 12.5. The molecular weight excluding hydrogens is 302 g/mol. The van der Waals surface area contributed by atoms with Crippen LogP contribution in [0.2, 0.25) is 0 Å². The summed E-state index contributed by atoms with van der Waals surface area (Å²) < 4.78 is 1.87. The summed E-state index contributed by atoms with van der Waals surface area (Å²) in [5.74, 6) is 1.15. The number of aromatic nitrogens is 3. The van der Waals surface area contributed by atoms with E-state index in [9.17, 15) is 4.79 Å². The van der Waals surface area contributed by atoms with Gasteiger partial charge in [0.1, 0.15) is 0 Å². The molecule has 2 heterocycles. The Morgan fingerprint density at radius 3 is 2.62 bits per heavy atom. The molecule has 6 heteroatoms. The molecule has 24 heavy (non-hydrogen) atoms. The molecule has 1 aliphatic carbocycles. The standard InChI is InChI=1S/C18H31N5O/c1-13(15-6-4-3-5-7-15)14(2)20-18(24)17-12-23(22-21-17)16-8-10-19-11-9-16/h12-16,19H,3-11H2,1-2H3,(H,20,24). The van der Waals surface area contributed by atoms with Crippen LogP contribution in [0.1, 0.15) is 75.3 Å². The number of nitrogens with one attached hydrogen (secondary N) is 2. The van der Waals surface area contributed by atoms with E-state index in [2.05, 4.69) is 34.8 Å². The highest BCUT2D eigenvalue weighted by Gasteiger charge is 2.26. The zero-order valence-corrected chi connectivity index (χ0v) is 15.0. The van der Waals surface area contributed by atoms with Crippen molar-refractivity contribution in [3.63, 3.8) is 0 Å². The molecule has 2 aliphatic rings. The van der Waals surface area contributed by atoms with Gasteiger partial charge in [-0.2, -0.15) is 0 Å². The van der Waals surface area contributed by atoms with Crippen molar-refractivity contribution in [2.45, 2.75) is 70.9 Å². The number of amides is 1. The minimum atomic E-state index is -0.0923. The first-order valence-electron chi connectivity index (χ1n) is 9.58. The molecule has 6 nitrogen and oxygen atoms in total. The summed E-state index contributed by atoms with van der Waals surface area (Å²) in [6, 6.07) is 0.531. The first-order valence-corrected chi connectivity index (χ1v) is 9.58. The molecule has 2 atom stereocenters. The van der Waals surface area contributed by atoms with E-state index < -0.39 is 0 Å². The van der Waals surface area contributed by atoms with Crippen molar-refractivity contribution < 1.29 is 4.79 Å². The van der Waals surface area contributed by atoms with Gasteiger partial charge in [0.2, 0.25) is 0 Å². The van der Waals surface area contributed by atoms with E-state index in [4.69, 9.17) is 0 Å². The molecule has 0 spiro atoms. The molecule has 1 aromatic rings. The van der Waals surface area contributed by atoms with Crippen LogP contribution in [-0.4, -0.2) is 40.0 Å². The normalized spacial score (nSPS) is 22.9. The van der Waals surface area contributed by atoms with Gasteiger partial charge < -0.3 is 10.6 Å². The first-order chi connectivity index (χ1) is 11.6. The van der Waals surface area contributed by atoms with E-state index in [1.807, 2.05) is 10.9 Å². The van der Waals surface area contributed by atoms with Gasteiger partial charge >= 0.3 is 0 Å². The summed E-state index contributed by atoms with van der Waals surface area (Å²) in [5, 5.41) is 14.8. The van der Waals surface area contributed by atoms with Gasteiger partial charge in [-0.1, -0.05) is 44.2 Å². The van der Waals surface area contributed by atoms with Crippen molar-refractivity contribution in [1.29, 1.82) is 0 Å². The van der Waals surface area contributed by atoms with Crippen LogP contribution in [0.25, 0.3) is 0 Å². The van der Waals surface area contributed by atoms with Crippen molar-refractivity contribution in [3.05, 3.63) is 11.9 Å². The SMILES string of the molecule is CC(NC(=O)c1cn(C2CCNCC2)nn1)C(C)C1CCCCC1. The van der Waals surface area contributed by atoms with Gasteiger partial charge in [-0.25, -0.2) is 4.68 Å². The lowest BCUT2D eigenvalue weighted by Crippen LogP contribution is -2.40. The number of hydrogen-bond acceptors (Lipinski definition) is 4. The average Bonchev–Trinajstić information content (AvgIpc) is 3.13. The lowest BCUT2D eigenvalue weighted by molar-refractivity contribution is 0.0906. The second kappa shape index (κ2) is 8.10. The van der Waals surface area contributed by atoms with Crippen LogP contribution in [0, 0.1) is 11.8 Å². The van der Waals surface area contributed by atoms with Crippen molar-refractivity contribution >= 4 is 5.91 Å². The van der Waals surface area contributed by atoms with Crippen LogP contribution in [0.15, 0.2) is 6.20 Å². The summed E-state index contributed by atoms with van der Waals surface area (Å²) in [5.41, 5.74) is 0.441. The van der Waals surface area contributed by atoms with E-state index in [1.54, 1.807) is 0 Å². The monoisotopic (exact) mass is 333 g/mol. The van der Waals surface area contributed by atoms with Crippen molar-refractivity contribution in [3.8, 4) is 0 Å². The second-order valence-corrected chi connectivity index (χ2v) is 7.58. The highest BCUT2D eigenvalue weighted by Crippen LogP contribution is 2.31. The Morgan fingerprint density at radius 2 is 1.92 bits per heavy atom. The summed E-state index contributed by atoms with van der Waals surface area (Å²) in [6.07, 6.45) is 10.5. The lowest BCUT2D eigenvalue weighted by Gasteiger charge is -2.32. The Morgan fingerprint density at radius 1 is 1.21 bits per heavy atom. The summed E-state index contributed by atoms with van der Waals surface area (Å²) >= 11 is 0. The zero-order chi connectivity index (χ0) is 16.9. The van der Waals surface area contributed by atoms with Crippen molar-refractivity contribution in [2.75, 3.05) is 13.1 Å². The van der Waals surface area contributed by atoms with Gasteiger partial charge in [0, 0.05) is 6.04 Å². The molecule has 1 saturated heterocycles. The molecule has 2 unspecified atom stereocenters. The molecule has 1 aliphatic heterocycles. The second-order valence-electron chi connectivity index (χ2n) is 7.58. The fourth-order valence-corrected chi connectivity index (χ4v) is 4.11. The predicted octanol–water partition coefficient (Wildman–Crippen LogP) is 2.54. The molecule has 2 fully saturated rings. The van der Waals surface area contributed by atoms with Crippen LogP contribution >= 0.6 is 0 Å². The summed E-state index contributed by atoms with van der Waals surface area (Å²) in [7, 11) is 0. The van der Waals surface area contributed by atoms with E-state index in [0.717, 1.165) is 31.8 Å². The Kier molecular flexibility index (Phi) is 5.87. The molecule has 134 valence electrons. The minimum Gasteiger partial charge on any atom is -0.348 e. The number of hydrogen-bond donors (Lipinski definition) is 2. The Hall–Kier alpha value is -1.43. The number of nitrogens with zero attached hydrogens (tertiary/aromatic N) is 3. The molecule has 3 rings (SSSR count). The van der Waals surface area contributed by atoms with Gasteiger partial charge in [-0.15, -0.1) is 5.10 Å². The van der Waals surface area contributed by atoms with Gasteiger partial charge in [0.05, 0.1) is 12.2 Å². The number of carbonyl (C=O) groups is 1. The number of carbonyl (C=O) groups excluding carboxylic acids is 1. The van der Waals surface area contributed by atoms with Crippen LogP contribution < -0.4 is 10.6 Å². The van der Waals surface area contributed by atoms with Crippen LogP contribution in [0.4, 0.5) is 0 Å². The topological polar surface area (TPSA) is 71.8 Å². The van der Waals surface area contributed by atoms with Gasteiger partial charge in [0.15, 0.2) is 5.69 Å². The van der Waals surface area contributed by atoms with E-state index >= 15 is 0 Å². The highest BCUT2D eigenvalue weighted by molar-refractivity contribution is 5.92. The molecule has 0 bridgehead atoms. The fraction of sp³-hybridized carbons (Fsp3) is 0.833. The Balaban J connectivity index is 1.55. The summed E-state index contributed by atoms with van der Waals surface area (Å²) in [4.78, 5) is 12.5. The third-order valence-electron chi connectivity index (χ3n) is 5.97. The van der Waals surface area contributed by atoms with E-state index in [1.165, 1.54) is 32.1 Å². The van der Waals surface area contributed by atoms with Crippen LogP contribution in [-0.2, 0) is 0 Å². The molecule has 0 aromatic carbocycles. The third kappa shape index (κ3) is 4.15. The molecule has 1 saturated carbocycles. The van der Waals surface area contributed by atoms with Crippen LogP contribution in [0.5, 0.6) is 0 Å². The predicted molar refractivity (Wildman–Crippen MR) is 93.8 cm³/mol. The molecule has 0 radical (unpaired) electrons. The minimum absolute atomic E-state index is 0.0923. The third-order valence-corrected chi connectivity index (χ3v) is 5.97. The molecule has 1 amide bonds. The highest BCUT2D eigenvalue weighted by atomic mass is 16.2. The largest absolute Gasteiger partial charge is 0.348 e. The van der Waals surface area contributed by atoms with E-state index in [-0.39, 0.29) is 11.9 Å². The van der Waals surface area contributed by atoms with Crippen molar-refractivity contribution in [1.82, 2.24) is 25.6 Å². The Bertz CT molecular complexity index is 531.